The summed E-state index contributed by atoms with van der Waals surface area (Å²) in [5.74, 6) is 0.671. The van der Waals surface area contributed by atoms with Gasteiger partial charge in [0.25, 0.3) is 0 Å². The third-order valence-electron chi connectivity index (χ3n) is 1.71. The van der Waals surface area contributed by atoms with Gasteiger partial charge in [-0.15, -0.1) is 0 Å². The number of rotatable bonds is 2. The standard InChI is InChI=1S/C11H15N3/c1-11(2,3)8-14-10-9(7-12)5-4-6-13-10/h4-6H,8H2,1-3H3,(H,13,14). The second kappa shape index (κ2) is 4.10. The first-order chi connectivity index (χ1) is 6.53. The zero-order valence-electron chi connectivity index (χ0n) is 8.83. The largest absolute Gasteiger partial charge is 0.368 e. The maximum Gasteiger partial charge on any atom is 0.143 e. The van der Waals surface area contributed by atoms with Gasteiger partial charge in [-0.25, -0.2) is 4.98 Å². The number of nitrogens with zero attached hydrogens (tertiary/aromatic N) is 2. The van der Waals surface area contributed by atoms with Crippen LogP contribution in [0.15, 0.2) is 18.3 Å². The Hall–Kier alpha value is -1.56. The van der Waals surface area contributed by atoms with E-state index in [2.05, 4.69) is 37.1 Å². The van der Waals surface area contributed by atoms with Crippen molar-refractivity contribution in [2.24, 2.45) is 5.41 Å². The molecule has 1 aromatic heterocycles. The summed E-state index contributed by atoms with van der Waals surface area (Å²) in [7, 11) is 0. The van der Waals surface area contributed by atoms with Gasteiger partial charge in [0.2, 0.25) is 0 Å². The van der Waals surface area contributed by atoms with Crippen LogP contribution in [0.1, 0.15) is 26.3 Å². The molecule has 0 aromatic carbocycles. The van der Waals surface area contributed by atoms with E-state index < -0.39 is 0 Å². The zero-order chi connectivity index (χ0) is 10.6. The van der Waals surface area contributed by atoms with E-state index in [1.807, 2.05) is 0 Å². The molecule has 1 aromatic rings. The number of hydrogen-bond donors (Lipinski definition) is 1. The highest BCUT2D eigenvalue weighted by Gasteiger charge is 2.11. The van der Waals surface area contributed by atoms with Crippen LogP contribution in [0.4, 0.5) is 5.82 Å². The molecular weight excluding hydrogens is 174 g/mol. The van der Waals surface area contributed by atoms with Crippen molar-refractivity contribution in [3.8, 4) is 6.07 Å². The van der Waals surface area contributed by atoms with Crippen LogP contribution in [0, 0.1) is 16.7 Å². The molecule has 0 bridgehead atoms. The van der Waals surface area contributed by atoms with Gasteiger partial charge in [0, 0.05) is 12.7 Å². The third-order valence-corrected chi connectivity index (χ3v) is 1.71. The van der Waals surface area contributed by atoms with E-state index in [9.17, 15) is 0 Å². The molecule has 1 rings (SSSR count). The van der Waals surface area contributed by atoms with Gasteiger partial charge in [-0.2, -0.15) is 5.26 Å². The van der Waals surface area contributed by atoms with Crippen LogP contribution in [0.3, 0.4) is 0 Å². The lowest BCUT2D eigenvalue weighted by atomic mass is 9.97. The van der Waals surface area contributed by atoms with Crippen LogP contribution >= 0.6 is 0 Å². The van der Waals surface area contributed by atoms with Crippen LogP contribution in [0.2, 0.25) is 0 Å². The second-order valence-electron chi connectivity index (χ2n) is 4.43. The van der Waals surface area contributed by atoms with Gasteiger partial charge >= 0.3 is 0 Å². The number of anilines is 1. The lowest BCUT2D eigenvalue weighted by molar-refractivity contribution is 0.442. The minimum Gasteiger partial charge on any atom is -0.368 e. The summed E-state index contributed by atoms with van der Waals surface area (Å²) >= 11 is 0. The Balaban J connectivity index is 2.73. The van der Waals surface area contributed by atoms with E-state index in [-0.39, 0.29) is 5.41 Å². The Morgan fingerprint density at radius 2 is 2.21 bits per heavy atom. The van der Waals surface area contributed by atoms with Gasteiger partial charge in [0.05, 0.1) is 5.56 Å². The molecule has 0 atom stereocenters. The average Bonchev–Trinajstić information content (AvgIpc) is 2.14. The summed E-state index contributed by atoms with van der Waals surface area (Å²) in [6.45, 7) is 7.21. The number of hydrogen-bond acceptors (Lipinski definition) is 3. The first-order valence-electron chi connectivity index (χ1n) is 4.62. The molecule has 0 saturated carbocycles. The molecule has 0 aliphatic carbocycles. The van der Waals surface area contributed by atoms with Gasteiger partial charge < -0.3 is 5.32 Å². The van der Waals surface area contributed by atoms with Gasteiger partial charge in [0.15, 0.2) is 0 Å². The topological polar surface area (TPSA) is 48.7 Å². The Morgan fingerprint density at radius 3 is 2.79 bits per heavy atom. The van der Waals surface area contributed by atoms with Crippen molar-refractivity contribution in [3.63, 3.8) is 0 Å². The molecule has 14 heavy (non-hydrogen) atoms. The Bertz CT molecular complexity index is 344. The van der Waals surface area contributed by atoms with E-state index in [4.69, 9.17) is 5.26 Å². The van der Waals surface area contributed by atoms with Crippen molar-refractivity contribution in [2.45, 2.75) is 20.8 Å². The van der Waals surface area contributed by atoms with Crippen LogP contribution in [-0.4, -0.2) is 11.5 Å². The van der Waals surface area contributed by atoms with Crippen molar-refractivity contribution in [1.82, 2.24) is 4.98 Å². The van der Waals surface area contributed by atoms with Crippen LogP contribution in [0.5, 0.6) is 0 Å². The average molecular weight is 189 g/mol. The van der Waals surface area contributed by atoms with Crippen LogP contribution in [-0.2, 0) is 0 Å². The fourth-order valence-electron chi connectivity index (χ4n) is 0.985. The Kier molecular flexibility index (Phi) is 3.08. The second-order valence-corrected chi connectivity index (χ2v) is 4.43. The number of pyridine rings is 1. The van der Waals surface area contributed by atoms with Crippen molar-refractivity contribution < 1.29 is 0 Å². The lowest BCUT2D eigenvalue weighted by Crippen LogP contribution is -2.20. The summed E-state index contributed by atoms with van der Waals surface area (Å²) in [5.41, 5.74) is 0.779. The van der Waals surface area contributed by atoms with Crippen LogP contribution < -0.4 is 5.32 Å². The quantitative estimate of drug-likeness (QED) is 0.777. The summed E-state index contributed by atoms with van der Waals surface area (Å²) in [5, 5.41) is 12.0. The maximum atomic E-state index is 8.82. The Morgan fingerprint density at radius 1 is 1.50 bits per heavy atom. The van der Waals surface area contributed by atoms with Crippen LogP contribution in [0.25, 0.3) is 0 Å². The summed E-state index contributed by atoms with van der Waals surface area (Å²) in [6.07, 6.45) is 1.69. The molecule has 0 fully saturated rings. The molecule has 0 spiro atoms. The fraction of sp³-hybridized carbons (Fsp3) is 0.455. The SMILES string of the molecule is CC(C)(C)CNc1ncccc1C#N. The minimum absolute atomic E-state index is 0.185. The minimum atomic E-state index is 0.185. The predicted octanol–water partition coefficient (Wildman–Crippen LogP) is 2.41. The molecule has 3 nitrogen and oxygen atoms in total. The predicted molar refractivity (Wildman–Crippen MR) is 56.9 cm³/mol. The molecule has 0 aliphatic rings. The van der Waals surface area contributed by atoms with Gasteiger partial charge in [-0.3, -0.25) is 0 Å². The molecule has 0 aliphatic heterocycles. The first kappa shape index (κ1) is 10.5. The highest BCUT2D eigenvalue weighted by molar-refractivity contribution is 5.51. The highest BCUT2D eigenvalue weighted by atomic mass is 15.0. The third kappa shape index (κ3) is 3.06. The molecule has 0 unspecified atom stereocenters. The summed E-state index contributed by atoms with van der Waals surface area (Å²) in [6, 6.07) is 5.63. The first-order valence-corrected chi connectivity index (χ1v) is 4.62. The van der Waals surface area contributed by atoms with Gasteiger partial charge in [-0.05, 0) is 17.5 Å². The Labute approximate surface area is 84.8 Å². The molecule has 1 heterocycles. The molecule has 74 valence electrons. The summed E-state index contributed by atoms with van der Waals surface area (Å²) in [4.78, 5) is 4.12. The summed E-state index contributed by atoms with van der Waals surface area (Å²) < 4.78 is 0. The van der Waals surface area contributed by atoms with Gasteiger partial charge in [0.1, 0.15) is 11.9 Å². The zero-order valence-corrected chi connectivity index (χ0v) is 8.83. The molecule has 0 radical (unpaired) electrons. The van der Waals surface area contributed by atoms with Crippen molar-refractivity contribution in [2.75, 3.05) is 11.9 Å². The molecule has 0 amide bonds. The molecule has 0 saturated heterocycles. The molecule has 1 N–H and O–H groups in total. The van der Waals surface area contributed by atoms with Crippen molar-refractivity contribution >= 4 is 5.82 Å². The van der Waals surface area contributed by atoms with E-state index >= 15 is 0 Å². The van der Waals surface area contributed by atoms with E-state index in [1.54, 1.807) is 18.3 Å². The molecule has 3 heteroatoms. The van der Waals surface area contributed by atoms with E-state index in [0.717, 1.165) is 6.54 Å². The van der Waals surface area contributed by atoms with E-state index in [0.29, 0.717) is 11.4 Å². The maximum absolute atomic E-state index is 8.82. The normalized spacial score (nSPS) is 10.7. The molecular formula is C11H15N3. The van der Waals surface area contributed by atoms with Crippen molar-refractivity contribution in [1.29, 1.82) is 5.26 Å². The number of nitriles is 1. The van der Waals surface area contributed by atoms with Gasteiger partial charge in [-0.1, -0.05) is 20.8 Å². The fourth-order valence-corrected chi connectivity index (χ4v) is 0.985. The lowest BCUT2D eigenvalue weighted by Gasteiger charge is -2.19. The van der Waals surface area contributed by atoms with E-state index in [1.165, 1.54) is 0 Å². The highest BCUT2D eigenvalue weighted by Crippen LogP contribution is 2.16. The van der Waals surface area contributed by atoms with Crippen molar-refractivity contribution in [3.05, 3.63) is 23.9 Å². The number of nitrogens with one attached hydrogen (secondary N) is 1. The smallest absolute Gasteiger partial charge is 0.143 e. The monoisotopic (exact) mass is 189 g/mol. The number of aromatic nitrogens is 1.